The molecule has 1 unspecified atom stereocenters. The molecule has 2 fully saturated rings. The third kappa shape index (κ3) is 3.82. The monoisotopic (exact) mass is 387 g/mol. The number of rotatable bonds is 5. The number of carbonyl (C=O) groups is 1. The first-order valence-electron chi connectivity index (χ1n) is 10.8. The Morgan fingerprint density at radius 2 is 1.86 bits per heavy atom. The van der Waals surface area contributed by atoms with Gasteiger partial charge in [0.15, 0.2) is 0 Å². The van der Waals surface area contributed by atoms with E-state index in [1.54, 1.807) is 0 Å². The molecule has 0 radical (unpaired) electrons. The zero-order chi connectivity index (χ0) is 19.7. The lowest BCUT2D eigenvalue weighted by Crippen LogP contribution is -2.34. The Morgan fingerprint density at radius 3 is 2.76 bits per heavy atom. The van der Waals surface area contributed by atoms with Crippen molar-refractivity contribution in [2.75, 3.05) is 32.7 Å². The van der Waals surface area contributed by atoms with Crippen molar-refractivity contribution in [3.8, 4) is 0 Å². The minimum absolute atomic E-state index is 0.188. The molecule has 2 saturated heterocycles. The zero-order valence-electron chi connectivity index (χ0n) is 16.9. The van der Waals surface area contributed by atoms with Crippen molar-refractivity contribution in [1.29, 1.82) is 0 Å². The van der Waals surface area contributed by atoms with E-state index in [0.717, 1.165) is 55.5 Å². The van der Waals surface area contributed by atoms with Crippen LogP contribution in [-0.2, 0) is 6.42 Å². The lowest BCUT2D eigenvalue weighted by Gasteiger charge is -2.25. The quantitative estimate of drug-likeness (QED) is 0.707. The van der Waals surface area contributed by atoms with Crippen molar-refractivity contribution in [1.82, 2.24) is 14.8 Å². The second-order valence-electron chi connectivity index (χ2n) is 8.87. The molecule has 2 aliphatic rings. The fourth-order valence-electron chi connectivity index (χ4n) is 5.18. The van der Waals surface area contributed by atoms with Crippen LogP contribution >= 0.6 is 0 Å². The van der Waals surface area contributed by atoms with Crippen LogP contribution in [0.2, 0.25) is 0 Å². The minimum atomic E-state index is 0.188. The zero-order valence-corrected chi connectivity index (χ0v) is 16.9. The van der Waals surface area contributed by atoms with Gasteiger partial charge in [0.1, 0.15) is 0 Å². The normalized spacial score (nSPS) is 22.1. The second kappa shape index (κ2) is 7.68. The first-order chi connectivity index (χ1) is 14.2. The number of nitrogens with zero attached hydrogens (tertiary/aromatic N) is 2. The van der Waals surface area contributed by atoms with E-state index >= 15 is 0 Å². The van der Waals surface area contributed by atoms with Gasteiger partial charge in [0, 0.05) is 47.7 Å². The van der Waals surface area contributed by atoms with Crippen molar-refractivity contribution in [2.45, 2.75) is 25.7 Å². The van der Waals surface area contributed by atoms with E-state index in [-0.39, 0.29) is 5.91 Å². The molecule has 3 aromatic rings. The van der Waals surface area contributed by atoms with Gasteiger partial charge in [0.2, 0.25) is 0 Å². The summed E-state index contributed by atoms with van der Waals surface area (Å²) in [5, 5.41) is 1.11. The van der Waals surface area contributed by atoms with Crippen molar-refractivity contribution in [2.24, 2.45) is 5.41 Å². The lowest BCUT2D eigenvalue weighted by molar-refractivity contribution is 0.0773. The Kier molecular flexibility index (Phi) is 4.88. The van der Waals surface area contributed by atoms with E-state index in [9.17, 15) is 4.79 Å². The van der Waals surface area contributed by atoms with E-state index in [2.05, 4.69) is 45.1 Å². The van der Waals surface area contributed by atoms with E-state index in [1.165, 1.54) is 24.9 Å². The molecule has 1 amide bonds. The average Bonchev–Trinajstić information content (AvgIpc) is 3.48. The maximum Gasteiger partial charge on any atom is 0.253 e. The highest BCUT2D eigenvalue weighted by molar-refractivity contribution is 5.98. The summed E-state index contributed by atoms with van der Waals surface area (Å²) in [7, 11) is 0. The van der Waals surface area contributed by atoms with Gasteiger partial charge >= 0.3 is 0 Å². The summed E-state index contributed by atoms with van der Waals surface area (Å²) >= 11 is 0. The number of fused-ring (bicyclic) bond motifs is 1. The summed E-state index contributed by atoms with van der Waals surface area (Å²) in [6, 6.07) is 18.8. The fraction of sp³-hybridized carbons (Fsp3) is 0.400. The summed E-state index contributed by atoms with van der Waals surface area (Å²) < 4.78 is 0. The summed E-state index contributed by atoms with van der Waals surface area (Å²) in [4.78, 5) is 21.0. The van der Waals surface area contributed by atoms with Crippen LogP contribution in [0.1, 0.15) is 35.2 Å². The van der Waals surface area contributed by atoms with Gasteiger partial charge in [-0.3, -0.25) is 4.79 Å². The molecule has 1 aromatic heterocycles. The highest BCUT2D eigenvalue weighted by atomic mass is 16.2. The Bertz CT molecular complexity index is 995. The molecule has 4 nitrogen and oxygen atoms in total. The maximum atomic E-state index is 13.1. The Balaban J connectivity index is 1.16. The van der Waals surface area contributed by atoms with Crippen LogP contribution in [0, 0.1) is 5.41 Å². The van der Waals surface area contributed by atoms with Gasteiger partial charge in [0.05, 0.1) is 0 Å². The van der Waals surface area contributed by atoms with Crippen molar-refractivity contribution < 1.29 is 4.79 Å². The maximum absolute atomic E-state index is 13.1. The largest absolute Gasteiger partial charge is 0.361 e. The number of likely N-dealkylation sites (tertiary alicyclic amines) is 2. The molecule has 29 heavy (non-hydrogen) atoms. The number of hydrogen-bond donors (Lipinski definition) is 1. The van der Waals surface area contributed by atoms with Gasteiger partial charge in [-0.1, -0.05) is 30.3 Å². The molecule has 0 aliphatic carbocycles. The fourth-order valence-corrected chi connectivity index (χ4v) is 5.18. The lowest BCUT2D eigenvalue weighted by atomic mass is 9.86. The number of benzene rings is 2. The highest BCUT2D eigenvalue weighted by Gasteiger charge is 2.44. The first kappa shape index (κ1) is 18.4. The number of aryl methyl sites for hydroxylation is 1. The number of H-pyrrole nitrogens is 1. The van der Waals surface area contributed by atoms with Crippen molar-refractivity contribution >= 4 is 16.8 Å². The van der Waals surface area contributed by atoms with Gasteiger partial charge < -0.3 is 14.8 Å². The van der Waals surface area contributed by atoms with Gasteiger partial charge in [-0.05, 0) is 68.6 Å². The number of hydrogen-bond acceptors (Lipinski definition) is 2. The number of aromatic amines is 1. The topological polar surface area (TPSA) is 39.3 Å². The molecule has 2 aromatic carbocycles. The third-order valence-electron chi connectivity index (χ3n) is 6.83. The molecule has 0 saturated carbocycles. The van der Waals surface area contributed by atoms with Crippen LogP contribution < -0.4 is 0 Å². The van der Waals surface area contributed by atoms with Crippen LogP contribution in [0.15, 0.2) is 60.8 Å². The predicted octanol–water partition coefficient (Wildman–Crippen LogP) is 4.34. The number of amides is 1. The molecule has 2 aliphatic heterocycles. The van der Waals surface area contributed by atoms with Crippen LogP contribution in [0.4, 0.5) is 0 Å². The average molecular weight is 388 g/mol. The molecule has 3 heterocycles. The number of carbonyl (C=O) groups excluding carboxylic acids is 1. The van der Waals surface area contributed by atoms with Crippen LogP contribution in [-0.4, -0.2) is 53.4 Å². The number of aromatic nitrogens is 1. The Morgan fingerprint density at radius 1 is 1.00 bits per heavy atom. The second-order valence-corrected chi connectivity index (χ2v) is 8.87. The van der Waals surface area contributed by atoms with Gasteiger partial charge in [0.25, 0.3) is 5.91 Å². The molecule has 150 valence electrons. The summed E-state index contributed by atoms with van der Waals surface area (Å²) in [6.45, 7) is 5.28. The molecule has 1 spiro atoms. The van der Waals surface area contributed by atoms with Crippen LogP contribution in [0.3, 0.4) is 0 Å². The molecule has 4 heteroatoms. The highest BCUT2D eigenvalue weighted by Crippen LogP contribution is 2.40. The molecule has 5 rings (SSSR count). The predicted molar refractivity (Wildman–Crippen MR) is 117 cm³/mol. The van der Waals surface area contributed by atoms with Gasteiger partial charge in [-0.2, -0.15) is 0 Å². The molecular formula is C25H29N3O. The van der Waals surface area contributed by atoms with Gasteiger partial charge in [-0.25, -0.2) is 0 Å². The van der Waals surface area contributed by atoms with Crippen LogP contribution in [0.25, 0.3) is 10.9 Å². The smallest absolute Gasteiger partial charge is 0.253 e. The summed E-state index contributed by atoms with van der Waals surface area (Å²) in [6.07, 6.45) is 6.64. The Labute approximate surface area is 172 Å². The molecule has 0 bridgehead atoms. The molecular weight excluding hydrogens is 358 g/mol. The van der Waals surface area contributed by atoms with E-state index in [1.807, 2.05) is 30.5 Å². The SMILES string of the molecule is O=C(c1ccc2[nH]ccc2c1)N1CCC2(CCN(CCCc3ccccc3)C2)C1. The van der Waals surface area contributed by atoms with E-state index in [0.29, 0.717) is 5.41 Å². The van der Waals surface area contributed by atoms with E-state index < -0.39 is 0 Å². The van der Waals surface area contributed by atoms with Crippen molar-refractivity contribution in [3.05, 3.63) is 71.9 Å². The third-order valence-corrected chi connectivity index (χ3v) is 6.83. The van der Waals surface area contributed by atoms with E-state index in [4.69, 9.17) is 0 Å². The Hall–Kier alpha value is -2.59. The molecule has 1 atom stereocenters. The van der Waals surface area contributed by atoms with Gasteiger partial charge in [-0.15, -0.1) is 0 Å². The summed E-state index contributed by atoms with van der Waals surface area (Å²) in [5.74, 6) is 0.188. The first-order valence-corrected chi connectivity index (χ1v) is 10.8. The minimum Gasteiger partial charge on any atom is -0.361 e. The molecule has 1 N–H and O–H groups in total. The standard InChI is InChI=1S/C25H29N3O/c29-24(22-8-9-23-21(17-22)10-13-26-23)28-16-12-25(19-28)11-15-27(18-25)14-4-7-20-5-2-1-3-6-20/h1-3,5-6,8-10,13,17,26H,4,7,11-12,14-16,18-19H2. The summed E-state index contributed by atoms with van der Waals surface area (Å²) in [5.41, 5.74) is 3.63. The van der Waals surface area contributed by atoms with Crippen LogP contribution in [0.5, 0.6) is 0 Å². The number of nitrogens with one attached hydrogen (secondary N) is 1. The van der Waals surface area contributed by atoms with Crippen molar-refractivity contribution in [3.63, 3.8) is 0 Å².